The third-order valence-corrected chi connectivity index (χ3v) is 4.72. The lowest BCUT2D eigenvalue weighted by Crippen LogP contribution is -2.43. The van der Waals surface area contributed by atoms with Crippen LogP contribution in [-0.2, 0) is 18.4 Å². The maximum Gasteiger partial charge on any atom is 0.419 e. The van der Waals surface area contributed by atoms with Gasteiger partial charge in [-0.15, -0.1) is 0 Å². The zero-order valence-electron chi connectivity index (χ0n) is 13.9. The Balaban J connectivity index is 1.52. The molecule has 2 amide bonds. The molecular weight excluding hydrogens is 326 g/mol. The van der Waals surface area contributed by atoms with E-state index in [9.17, 15) is 14.4 Å². The van der Waals surface area contributed by atoms with Crippen molar-refractivity contribution in [3.63, 3.8) is 0 Å². The van der Waals surface area contributed by atoms with Crippen molar-refractivity contribution in [2.24, 2.45) is 13.0 Å². The summed E-state index contributed by atoms with van der Waals surface area (Å²) in [5, 5.41) is 14.7. The molecule has 1 aromatic heterocycles. The van der Waals surface area contributed by atoms with Crippen molar-refractivity contribution < 1.29 is 19.1 Å². The second-order valence-corrected chi connectivity index (χ2v) is 6.44. The van der Waals surface area contributed by atoms with E-state index in [0.717, 1.165) is 5.56 Å². The first-order valence-electron chi connectivity index (χ1n) is 8.29. The molecule has 3 N–H and O–H groups in total. The number of carbonyl (C=O) groups excluding carboxylic acids is 1. The van der Waals surface area contributed by atoms with E-state index < -0.39 is 11.7 Å². The number of aryl methyl sites for hydroxylation is 1. The van der Waals surface area contributed by atoms with E-state index in [1.54, 1.807) is 25.2 Å². The van der Waals surface area contributed by atoms with Crippen molar-refractivity contribution in [2.45, 2.75) is 38.3 Å². The summed E-state index contributed by atoms with van der Waals surface area (Å²) >= 11 is 0. The molecule has 8 heteroatoms. The molecular formula is C17H21N3O5. The van der Waals surface area contributed by atoms with Gasteiger partial charge in [0.25, 0.3) is 0 Å². The Bertz CT molecular complexity index is 846. The fourth-order valence-corrected chi connectivity index (χ4v) is 3.19. The molecule has 1 heterocycles. The fraction of sp³-hybridized carbons (Fsp3) is 0.471. The van der Waals surface area contributed by atoms with Crippen LogP contribution in [0.2, 0.25) is 0 Å². The standard InChI is InChI=1S/C17H21N3O5/c1-20-13-8-10(2-7-14(13)25-17(20)24)9-18-16(23)19-12-5-3-11(4-6-12)15(21)22/h2,7-8,11-12H,3-6,9H2,1H3,(H,21,22)(H2,18,19,23). The van der Waals surface area contributed by atoms with Gasteiger partial charge in [0.05, 0.1) is 11.4 Å². The Morgan fingerprint density at radius 1 is 1.28 bits per heavy atom. The van der Waals surface area contributed by atoms with Gasteiger partial charge in [-0.3, -0.25) is 9.36 Å². The third-order valence-electron chi connectivity index (χ3n) is 4.72. The Kier molecular flexibility index (Phi) is 4.78. The van der Waals surface area contributed by atoms with Crippen LogP contribution >= 0.6 is 0 Å². The summed E-state index contributed by atoms with van der Waals surface area (Å²) in [5.41, 5.74) is 2.04. The number of nitrogens with one attached hydrogen (secondary N) is 2. The predicted octanol–water partition coefficient (Wildman–Crippen LogP) is 1.57. The molecule has 0 bridgehead atoms. The van der Waals surface area contributed by atoms with Gasteiger partial charge in [0, 0.05) is 19.6 Å². The third kappa shape index (κ3) is 3.84. The number of carboxylic acids is 1. The largest absolute Gasteiger partial charge is 0.481 e. The maximum absolute atomic E-state index is 12.0. The molecule has 1 aliphatic carbocycles. The molecule has 25 heavy (non-hydrogen) atoms. The molecule has 0 saturated heterocycles. The van der Waals surface area contributed by atoms with Crippen LogP contribution in [-0.4, -0.2) is 27.7 Å². The van der Waals surface area contributed by atoms with Crippen molar-refractivity contribution in [1.82, 2.24) is 15.2 Å². The molecule has 0 unspecified atom stereocenters. The smallest absolute Gasteiger partial charge is 0.419 e. The monoisotopic (exact) mass is 347 g/mol. The topological polar surface area (TPSA) is 114 Å². The first-order chi connectivity index (χ1) is 11.9. The van der Waals surface area contributed by atoms with E-state index in [0.29, 0.717) is 43.3 Å². The van der Waals surface area contributed by atoms with E-state index in [1.807, 2.05) is 0 Å². The zero-order chi connectivity index (χ0) is 18.0. The van der Waals surface area contributed by atoms with Crippen molar-refractivity contribution in [1.29, 1.82) is 0 Å². The summed E-state index contributed by atoms with van der Waals surface area (Å²) in [6.07, 6.45) is 2.53. The van der Waals surface area contributed by atoms with Gasteiger partial charge in [-0.1, -0.05) is 6.07 Å². The SMILES string of the molecule is Cn1c(=O)oc2ccc(CNC(=O)NC3CCC(C(=O)O)CC3)cc21. The lowest BCUT2D eigenvalue weighted by atomic mass is 9.86. The number of fused-ring (bicyclic) bond motifs is 1. The molecule has 0 radical (unpaired) electrons. The van der Waals surface area contributed by atoms with Crippen LogP contribution < -0.4 is 16.4 Å². The Morgan fingerprint density at radius 2 is 2.00 bits per heavy atom. The van der Waals surface area contributed by atoms with E-state index in [1.165, 1.54) is 4.57 Å². The van der Waals surface area contributed by atoms with Crippen molar-refractivity contribution in [3.05, 3.63) is 34.3 Å². The Labute approximate surface area is 143 Å². The maximum atomic E-state index is 12.0. The van der Waals surface area contributed by atoms with Gasteiger partial charge < -0.3 is 20.2 Å². The van der Waals surface area contributed by atoms with Gasteiger partial charge in [-0.05, 0) is 43.4 Å². The second-order valence-electron chi connectivity index (χ2n) is 6.44. The minimum absolute atomic E-state index is 0.00720. The number of rotatable bonds is 4. The number of aromatic nitrogens is 1. The molecule has 2 aromatic rings. The van der Waals surface area contributed by atoms with Crippen molar-refractivity contribution >= 4 is 23.1 Å². The number of carboxylic acid groups (broad SMARTS) is 1. The highest BCUT2D eigenvalue weighted by Gasteiger charge is 2.26. The van der Waals surface area contributed by atoms with Gasteiger partial charge in [-0.25, -0.2) is 9.59 Å². The average molecular weight is 347 g/mol. The van der Waals surface area contributed by atoms with Gasteiger partial charge in [0.1, 0.15) is 0 Å². The number of carbonyl (C=O) groups is 2. The lowest BCUT2D eigenvalue weighted by Gasteiger charge is -2.26. The van der Waals surface area contributed by atoms with Crippen molar-refractivity contribution in [2.75, 3.05) is 0 Å². The van der Waals surface area contributed by atoms with Crippen LogP contribution in [0, 0.1) is 5.92 Å². The van der Waals surface area contributed by atoms with Gasteiger partial charge >= 0.3 is 17.8 Å². The number of urea groups is 1. The molecule has 1 fully saturated rings. The molecule has 3 rings (SSSR count). The van der Waals surface area contributed by atoms with Gasteiger partial charge in [0.15, 0.2) is 5.58 Å². The second kappa shape index (κ2) is 7.00. The molecule has 0 atom stereocenters. The quantitative estimate of drug-likeness (QED) is 0.777. The van der Waals surface area contributed by atoms with Gasteiger partial charge in [0.2, 0.25) is 0 Å². The predicted molar refractivity (Wildman–Crippen MR) is 90.2 cm³/mol. The number of hydrogen-bond donors (Lipinski definition) is 3. The summed E-state index contributed by atoms with van der Waals surface area (Å²) in [7, 11) is 1.63. The van der Waals surface area contributed by atoms with Crippen LogP contribution in [0.15, 0.2) is 27.4 Å². The van der Waals surface area contributed by atoms with Crippen LogP contribution in [0.25, 0.3) is 11.1 Å². The molecule has 1 aliphatic rings. The van der Waals surface area contributed by atoms with E-state index in [2.05, 4.69) is 10.6 Å². The van der Waals surface area contributed by atoms with E-state index >= 15 is 0 Å². The Hall–Kier alpha value is -2.77. The fourth-order valence-electron chi connectivity index (χ4n) is 3.19. The number of aliphatic carboxylic acids is 1. The highest BCUT2D eigenvalue weighted by molar-refractivity contribution is 5.76. The number of amides is 2. The number of nitrogens with zero attached hydrogens (tertiary/aromatic N) is 1. The van der Waals surface area contributed by atoms with Crippen LogP contribution in [0.4, 0.5) is 4.79 Å². The molecule has 8 nitrogen and oxygen atoms in total. The molecule has 0 aliphatic heterocycles. The number of oxazole rings is 1. The zero-order valence-corrected chi connectivity index (χ0v) is 13.9. The highest BCUT2D eigenvalue weighted by atomic mass is 16.4. The minimum atomic E-state index is -0.757. The van der Waals surface area contributed by atoms with Crippen LogP contribution in [0.1, 0.15) is 31.2 Å². The summed E-state index contributed by atoms with van der Waals surface area (Å²) in [6.45, 7) is 0.325. The summed E-state index contributed by atoms with van der Waals surface area (Å²) in [4.78, 5) is 34.4. The minimum Gasteiger partial charge on any atom is -0.481 e. The van der Waals surface area contributed by atoms with Crippen LogP contribution in [0.3, 0.4) is 0 Å². The molecule has 1 aromatic carbocycles. The highest BCUT2D eigenvalue weighted by Crippen LogP contribution is 2.24. The first-order valence-corrected chi connectivity index (χ1v) is 8.29. The summed E-state index contributed by atoms with van der Waals surface area (Å²) in [5.74, 6) is -1.48. The van der Waals surface area contributed by atoms with Gasteiger partial charge in [-0.2, -0.15) is 0 Å². The number of benzene rings is 1. The van der Waals surface area contributed by atoms with Crippen LogP contribution in [0.5, 0.6) is 0 Å². The number of hydrogen-bond acceptors (Lipinski definition) is 4. The van der Waals surface area contributed by atoms with E-state index in [4.69, 9.17) is 9.52 Å². The molecule has 0 spiro atoms. The lowest BCUT2D eigenvalue weighted by molar-refractivity contribution is -0.142. The normalized spacial score (nSPS) is 20.4. The molecule has 1 saturated carbocycles. The Morgan fingerprint density at radius 3 is 2.68 bits per heavy atom. The average Bonchev–Trinajstić information content (AvgIpc) is 2.88. The molecule has 134 valence electrons. The summed E-state index contributed by atoms with van der Waals surface area (Å²) in [6, 6.07) is 5.04. The van der Waals surface area contributed by atoms with E-state index in [-0.39, 0.29) is 18.0 Å². The first kappa shape index (κ1) is 17.1. The summed E-state index contributed by atoms with van der Waals surface area (Å²) < 4.78 is 6.49. The van der Waals surface area contributed by atoms with Crippen molar-refractivity contribution in [3.8, 4) is 0 Å².